The normalized spacial score (nSPS) is 16.7. The molecule has 5 rings (SSSR count). The molecule has 1 aliphatic heterocycles. The van der Waals surface area contributed by atoms with Gasteiger partial charge in [-0.2, -0.15) is 43.2 Å². The molecule has 4 aromatic rings. The van der Waals surface area contributed by atoms with Gasteiger partial charge in [0.05, 0.1) is 22.8 Å². The molecule has 0 bridgehead atoms. The van der Waals surface area contributed by atoms with Crippen LogP contribution < -0.4 is 4.18 Å². The van der Waals surface area contributed by atoms with E-state index in [1.807, 2.05) is 0 Å². The van der Waals surface area contributed by atoms with E-state index in [-0.39, 0.29) is 39.1 Å². The SMILES string of the molecule is CC(C)(C)OC(=O)N1CCC[C@H]1c1nc2ccc(-c3cc4ccc(OS(=O)(=O)C(F)(F)F)cc4cn3)cc2n1S(=O)(=O)C(F)(F)F. The Kier molecular flexibility index (Phi) is 7.94. The number of ether oxygens (including phenoxy) is 1. The van der Waals surface area contributed by atoms with Crippen molar-refractivity contribution in [2.45, 2.75) is 56.3 Å². The lowest BCUT2D eigenvalue weighted by atomic mass is 10.1. The first kappa shape index (κ1) is 33.2. The zero-order valence-corrected chi connectivity index (χ0v) is 25.7. The first-order chi connectivity index (χ1) is 21.1. The zero-order chi connectivity index (χ0) is 34.0. The van der Waals surface area contributed by atoms with Crippen LogP contribution >= 0.6 is 0 Å². The van der Waals surface area contributed by atoms with E-state index in [0.29, 0.717) is 11.8 Å². The van der Waals surface area contributed by atoms with Gasteiger partial charge in [0.15, 0.2) is 0 Å². The van der Waals surface area contributed by atoms with E-state index in [1.165, 1.54) is 24.3 Å². The molecule has 1 fully saturated rings. The number of pyridine rings is 1. The van der Waals surface area contributed by atoms with E-state index >= 15 is 0 Å². The fraction of sp³-hybridized carbons (Fsp3) is 0.370. The lowest BCUT2D eigenvalue weighted by Gasteiger charge is -2.28. The molecule has 1 amide bonds. The van der Waals surface area contributed by atoms with Crippen molar-refractivity contribution >= 4 is 48.0 Å². The third kappa shape index (κ3) is 6.16. The highest BCUT2D eigenvalue weighted by atomic mass is 32.2. The number of nitrogens with zero attached hydrogens (tertiary/aromatic N) is 4. The number of aromatic nitrogens is 3. The summed E-state index contributed by atoms with van der Waals surface area (Å²) in [5.41, 5.74) is -12.6. The fourth-order valence-electron chi connectivity index (χ4n) is 4.88. The van der Waals surface area contributed by atoms with Crippen LogP contribution in [0.5, 0.6) is 5.75 Å². The second-order valence-corrected chi connectivity index (χ2v) is 14.6. The first-order valence-corrected chi connectivity index (χ1v) is 16.2. The minimum absolute atomic E-state index is 0.0743. The van der Waals surface area contributed by atoms with Crippen LogP contribution in [-0.2, 0) is 24.9 Å². The van der Waals surface area contributed by atoms with Crippen LogP contribution in [0.25, 0.3) is 33.1 Å². The summed E-state index contributed by atoms with van der Waals surface area (Å²) in [5.74, 6) is -1.16. The second kappa shape index (κ2) is 11.0. The number of carbonyl (C=O) groups excluding carboxylic acids is 1. The molecule has 2 aromatic heterocycles. The van der Waals surface area contributed by atoms with E-state index in [1.54, 1.807) is 20.8 Å². The Labute approximate surface area is 257 Å². The number of amides is 1. The Morgan fingerprint density at radius 2 is 1.61 bits per heavy atom. The van der Waals surface area contributed by atoms with Crippen LogP contribution in [0, 0.1) is 0 Å². The van der Waals surface area contributed by atoms with Crippen molar-refractivity contribution in [2.75, 3.05) is 6.54 Å². The number of alkyl halides is 6. The number of fused-ring (bicyclic) bond motifs is 2. The quantitative estimate of drug-likeness (QED) is 0.135. The highest BCUT2D eigenvalue weighted by Crippen LogP contribution is 2.39. The van der Waals surface area contributed by atoms with E-state index in [2.05, 4.69) is 14.2 Å². The molecule has 0 aliphatic carbocycles. The highest BCUT2D eigenvalue weighted by Gasteiger charge is 2.51. The van der Waals surface area contributed by atoms with Crippen LogP contribution in [-0.4, -0.2) is 64.9 Å². The van der Waals surface area contributed by atoms with Gasteiger partial charge < -0.3 is 8.92 Å². The smallest absolute Gasteiger partial charge is 0.444 e. The molecule has 1 aliphatic rings. The number of imidazole rings is 1. The summed E-state index contributed by atoms with van der Waals surface area (Å²) in [4.78, 5) is 22.4. The van der Waals surface area contributed by atoms with Crippen molar-refractivity contribution in [3.8, 4) is 17.0 Å². The Balaban J connectivity index is 1.60. The van der Waals surface area contributed by atoms with Gasteiger partial charge in [-0.05, 0) is 69.3 Å². The standard InChI is InChI=1S/C27H24F6N4O7S2/c1-25(2,3)43-24(38)36-10-4-5-21(36)23-35-19-9-7-16(13-22(19)37(23)45(39,40)26(28,29)30)20-12-15-6-8-18(11-17(15)14-34-20)44-46(41,42)27(31,32)33/h6-9,11-14,21H,4-5,10H2,1-3H3/t21-/m0/s1. The van der Waals surface area contributed by atoms with Crippen molar-refractivity contribution in [3.05, 3.63) is 54.5 Å². The van der Waals surface area contributed by atoms with E-state index in [0.717, 1.165) is 29.3 Å². The summed E-state index contributed by atoms with van der Waals surface area (Å²) < 4.78 is 138. The van der Waals surface area contributed by atoms with E-state index in [4.69, 9.17) is 4.74 Å². The molecule has 11 nitrogen and oxygen atoms in total. The van der Waals surface area contributed by atoms with Gasteiger partial charge in [0.25, 0.3) is 0 Å². The van der Waals surface area contributed by atoms with Gasteiger partial charge in [0.1, 0.15) is 17.2 Å². The molecule has 0 saturated carbocycles. The molecule has 0 unspecified atom stereocenters. The molecule has 3 heterocycles. The Bertz CT molecular complexity index is 2070. The number of halogens is 6. The minimum Gasteiger partial charge on any atom is -0.444 e. The third-order valence-electron chi connectivity index (χ3n) is 6.83. The first-order valence-electron chi connectivity index (χ1n) is 13.3. The molecule has 0 spiro atoms. The maximum Gasteiger partial charge on any atom is 0.534 e. The molecular weight excluding hydrogens is 670 g/mol. The van der Waals surface area contributed by atoms with Gasteiger partial charge in [-0.3, -0.25) is 9.88 Å². The summed E-state index contributed by atoms with van der Waals surface area (Å²) in [6.07, 6.45) is 0.781. The van der Waals surface area contributed by atoms with Crippen LogP contribution in [0.1, 0.15) is 45.5 Å². The highest BCUT2D eigenvalue weighted by molar-refractivity contribution is 7.91. The van der Waals surface area contributed by atoms with E-state index in [9.17, 15) is 48.0 Å². The molecule has 19 heteroatoms. The van der Waals surface area contributed by atoms with Gasteiger partial charge in [-0.25, -0.2) is 13.8 Å². The summed E-state index contributed by atoms with van der Waals surface area (Å²) in [7, 11) is -12.0. The average Bonchev–Trinajstić information content (AvgIpc) is 3.55. The number of carbonyl (C=O) groups is 1. The second-order valence-electron chi connectivity index (χ2n) is 11.3. The van der Waals surface area contributed by atoms with E-state index < -0.39 is 66.0 Å². The largest absolute Gasteiger partial charge is 0.534 e. The molecule has 1 atom stereocenters. The Morgan fingerprint density at radius 1 is 0.913 bits per heavy atom. The third-order valence-corrected chi connectivity index (χ3v) is 9.26. The molecular formula is C27H24F6N4O7S2. The average molecular weight is 695 g/mol. The lowest BCUT2D eigenvalue weighted by molar-refractivity contribution is -0.0500. The van der Waals surface area contributed by atoms with Crippen LogP contribution in [0.2, 0.25) is 0 Å². The lowest BCUT2D eigenvalue weighted by Crippen LogP contribution is -2.38. The summed E-state index contributed by atoms with van der Waals surface area (Å²) in [6, 6.07) is 7.28. The van der Waals surface area contributed by atoms with Crippen LogP contribution in [0.4, 0.5) is 31.1 Å². The molecule has 46 heavy (non-hydrogen) atoms. The van der Waals surface area contributed by atoms with Crippen LogP contribution in [0.3, 0.4) is 0 Å². The molecule has 248 valence electrons. The maximum absolute atomic E-state index is 14.0. The summed E-state index contributed by atoms with van der Waals surface area (Å²) in [5, 5.41) is 0.494. The van der Waals surface area contributed by atoms with Crippen molar-refractivity contribution in [2.24, 2.45) is 0 Å². The summed E-state index contributed by atoms with van der Waals surface area (Å²) in [6.45, 7) is 4.91. The van der Waals surface area contributed by atoms with Gasteiger partial charge in [-0.15, -0.1) is 0 Å². The predicted molar refractivity (Wildman–Crippen MR) is 151 cm³/mol. The van der Waals surface area contributed by atoms with Gasteiger partial charge in [-0.1, -0.05) is 12.1 Å². The zero-order valence-electron chi connectivity index (χ0n) is 24.0. The van der Waals surface area contributed by atoms with Gasteiger partial charge in [0.2, 0.25) is 0 Å². The number of hydrogen-bond acceptors (Lipinski definition) is 9. The topological polar surface area (TPSA) is 138 Å². The minimum atomic E-state index is -6.06. The Hall–Kier alpha value is -4.13. The summed E-state index contributed by atoms with van der Waals surface area (Å²) >= 11 is 0. The molecule has 1 saturated heterocycles. The maximum atomic E-state index is 14.0. The van der Waals surface area contributed by atoms with Gasteiger partial charge >= 0.3 is 37.3 Å². The molecule has 0 N–H and O–H groups in total. The van der Waals surface area contributed by atoms with Crippen molar-refractivity contribution in [1.29, 1.82) is 0 Å². The fourth-order valence-corrected chi connectivity index (χ4v) is 6.35. The van der Waals surface area contributed by atoms with Crippen LogP contribution in [0.15, 0.2) is 48.7 Å². The van der Waals surface area contributed by atoms with Crippen molar-refractivity contribution in [1.82, 2.24) is 18.8 Å². The monoisotopic (exact) mass is 694 g/mol. The van der Waals surface area contributed by atoms with Crippen molar-refractivity contribution < 1.29 is 56.9 Å². The predicted octanol–water partition coefficient (Wildman–Crippen LogP) is 6.25. The van der Waals surface area contributed by atoms with Gasteiger partial charge in [0, 0.05) is 23.7 Å². The molecule has 0 radical (unpaired) electrons. The number of benzene rings is 2. The number of likely N-dealkylation sites (tertiary alicyclic amines) is 1. The number of rotatable bonds is 5. The Morgan fingerprint density at radius 3 is 2.24 bits per heavy atom. The number of hydrogen-bond donors (Lipinski definition) is 0. The van der Waals surface area contributed by atoms with Crippen molar-refractivity contribution in [3.63, 3.8) is 0 Å². The molecule has 2 aromatic carbocycles.